The SMILES string of the molecule is COC(=O)C1(c2ccc(C#N)c(Br)c2)CCc2cncn21. The van der Waals surface area contributed by atoms with Crippen LogP contribution < -0.4 is 0 Å². The topological polar surface area (TPSA) is 67.9 Å². The minimum atomic E-state index is -0.906. The van der Waals surface area contributed by atoms with Crippen molar-refractivity contribution in [3.63, 3.8) is 0 Å². The summed E-state index contributed by atoms with van der Waals surface area (Å²) in [7, 11) is 1.39. The van der Waals surface area contributed by atoms with Crippen molar-refractivity contribution < 1.29 is 9.53 Å². The number of hydrogen-bond donors (Lipinski definition) is 0. The first-order valence-corrected chi connectivity index (χ1v) is 7.23. The summed E-state index contributed by atoms with van der Waals surface area (Å²) in [5, 5.41) is 9.03. The maximum atomic E-state index is 12.5. The van der Waals surface area contributed by atoms with Crippen LogP contribution in [0.4, 0.5) is 0 Å². The Balaban J connectivity index is 2.22. The average Bonchev–Trinajstić information content (AvgIpc) is 3.08. The van der Waals surface area contributed by atoms with E-state index in [1.165, 1.54) is 7.11 Å². The standard InChI is InChI=1S/C15H12BrN3O2/c1-21-14(20)15(5-4-12-8-18-9-19(12)15)11-3-2-10(7-17)13(16)6-11/h2-3,6,8-9H,4-5H2,1H3. The third kappa shape index (κ3) is 1.88. The molecule has 0 amide bonds. The molecule has 0 saturated heterocycles. The Kier molecular flexibility index (Phi) is 3.30. The number of nitriles is 1. The molecule has 1 aliphatic rings. The van der Waals surface area contributed by atoms with Gasteiger partial charge in [0.25, 0.3) is 0 Å². The number of ether oxygens (including phenoxy) is 1. The summed E-state index contributed by atoms with van der Waals surface area (Å²) >= 11 is 3.38. The van der Waals surface area contributed by atoms with Crippen LogP contribution in [0.2, 0.25) is 0 Å². The molecule has 1 aromatic carbocycles. The highest BCUT2D eigenvalue weighted by Crippen LogP contribution is 2.40. The van der Waals surface area contributed by atoms with Crippen molar-refractivity contribution in [3.05, 3.63) is 52.0 Å². The average molecular weight is 346 g/mol. The number of esters is 1. The summed E-state index contributed by atoms with van der Waals surface area (Å²) in [5.74, 6) is -0.323. The van der Waals surface area contributed by atoms with Crippen LogP contribution in [0, 0.1) is 11.3 Å². The zero-order valence-electron chi connectivity index (χ0n) is 11.3. The number of methoxy groups -OCH3 is 1. The fraction of sp³-hybridized carbons (Fsp3) is 0.267. The normalized spacial score (nSPS) is 19.9. The Morgan fingerprint density at radius 1 is 1.57 bits per heavy atom. The summed E-state index contributed by atoms with van der Waals surface area (Å²) in [6.07, 6.45) is 4.80. The molecule has 5 nitrogen and oxygen atoms in total. The lowest BCUT2D eigenvalue weighted by Crippen LogP contribution is -2.41. The predicted molar refractivity (Wildman–Crippen MR) is 78.5 cm³/mol. The third-order valence-electron chi connectivity index (χ3n) is 3.96. The lowest BCUT2D eigenvalue weighted by atomic mass is 9.87. The van der Waals surface area contributed by atoms with E-state index < -0.39 is 5.54 Å². The van der Waals surface area contributed by atoms with Gasteiger partial charge in [0.2, 0.25) is 0 Å². The molecular weight excluding hydrogens is 334 g/mol. The van der Waals surface area contributed by atoms with Gasteiger partial charge in [-0.25, -0.2) is 9.78 Å². The van der Waals surface area contributed by atoms with Crippen LogP contribution in [0.1, 0.15) is 23.2 Å². The van der Waals surface area contributed by atoms with E-state index >= 15 is 0 Å². The van der Waals surface area contributed by atoms with E-state index in [0.29, 0.717) is 16.5 Å². The predicted octanol–water partition coefficient (Wildman–Crippen LogP) is 2.38. The second kappa shape index (κ2) is 5.01. The maximum absolute atomic E-state index is 12.5. The largest absolute Gasteiger partial charge is 0.467 e. The van der Waals surface area contributed by atoms with E-state index in [4.69, 9.17) is 10.00 Å². The van der Waals surface area contributed by atoms with Crippen molar-refractivity contribution in [3.8, 4) is 6.07 Å². The van der Waals surface area contributed by atoms with Gasteiger partial charge in [0.1, 0.15) is 6.07 Å². The number of hydrogen-bond acceptors (Lipinski definition) is 4. The van der Waals surface area contributed by atoms with Crippen molar-refractivity contribution in [2.45, 2.75) is 18.4 Å². The smallest absolute Gasteiger partial charge is 0.336 e. The molecule has 0 bridgehead atoms. The second-order valence-corrected chi connectivity index (χ2v) is 5.77. The number of aryl methyl sites for hydroxylation is 1. The number of nitrogens with zero attached hydrogens (tertiary/aromatic N) is 3. The van der Waals surface area contributed by atoms with Crippen LogP contribution in [0.25, 0.3) is 0 Å². The van der Waals surface area contributed by atoms with Gasteiger partial charge >= 0.3 is 5.97 Å². The fourth-order valence-corrected chi connectivity index (χ4v) is 3.38. The van der Waals surface area contributed by atoms with E-state index in [-0.39, 0.29) is 5.97 Å². The molecule has 1 unspecified atom stereocenters. The quantitative estimate of drug-likeness (QED) is 0.783. The minimum Gasteiger partial charge on any atom is -0.467 e. The van der Waals surface area contributed by atoms with E-state index in [1.54, 1.807) is 24.7 Å². The number of benzene rings is 1. The van der Waals surface area contributed by atoms with Gasteiger partial charge in [-0.3, -0.25) is 0 Å². The molecule has 0 saturated carbocycles. The molecule has 1 aliphatic heterocycles. The number of imidazole rings is 1. The van der Waals surface area contributed by atoms with Crippen LogP contribution >= 0.6 is 15.9 Å². The zero-order valence-corrected chi connectivity index (χ0v) is 12.9. The van der Waals surface area contributed by atoms with Crippen molar-refractivity contribution in [1.29, 1.82) is 5.26 Å². The Bertz CT molecular complexity index is 763. The third-order valence-corrected chi connectivity index (χ3v) is 4.62. The first-order valence-electron chi connectivity index (χ1n) is 6.43. The molecule has 2 aromatic rings. The lowest BCUT2D eigenvalue weighted by molar-refractivity contribution is -0.148. The Hall–Kier alpha value is -2.13. The molecule has 0 aliphatic carbocycles. The first kappa shape index (κ1) is 13.8. The van der Waals surface area contributed by atoms with Gasteiger partial charge in [0.15, 0.2) is 5.54 Å². The van der Waals surface area contributed by atoms with Crippen molar-refractivity contribution >= 4 is 21.9 Å². The molecule has 6 heteroatoms. The van der Waals surface area contributed by atoms with Crippen LogP contribution in [0.15, 0.2) is 35.2 Å². The molecular formula is C15H12BrN3O2. The molecule has 1 aromatic heterocycles. The molecule has 0 spiro atoms. The number of aromatic nitrogens is 2. The van der Waals surface area contributed by atoms with Gasteiger partial charge in [-0.05, 0) is 46.5 Å². The zero-order chi connectivity index (χ0) is 15.0. The number of fused-ring (bicyclic) bond motifs is 1. The monoisotopic (exact) mass is 345 g/mol. The van der Waals surface area contributed by atoms with Crippen LogP contribution in [-0.4, -0.2) is 22.6 Å². The maximum Gasteiger partial charge on any atom is 0.336 e. The molecule has 21 heavy (non-hydrogen) atoms. The van der Waals surface area contributed by atoms with Crippen molar-refractivity contribution in [2.75, 3.05) is 7.11 Å². The van der Waals surface area contributed by atoms with E-state index in [0.717, 1.165) is 17.7 Å². The highest BCUT2D eigenvalue weighted by molar-refractivity contribution is 9.10. The van der Waals surface area contributed by atoms with Crippen LogP contribution in [-0.2, 0) is 21.5 Å². The molecule has 1 atom stereocenters. The highest BCUT2D eigenvalue weighted by atomic mass is 79.9. The van der Waals surface area contributed by atoms with Crippen molar-refractivity contribution in [1.82, 2.24) is 9.55 Å². The molecule has 0 radical (unpaired) electrons. The number of rotatable bonds is 2. The summed E-state index contributed by atoms with van der Waals surface area (Å²) in [6, 6.07) is 7.42. The molecule has 106 valence electrons. The van der Waals surface area contributed by atoms with Gasteiger partial charge in [0, 0.05) is 16.4 Å². The van der Waals surface area contributed by atoms with Crippen LogP contribution in [0.5, 0.6) is 0 Å². The summed E-state index contributed by atoms with van der Waals surface area (Å²) in [6.45, 7) is 0. The Morgan fingerprint density at radius 3 is 3.05 bits per heavy atom. The van der Waals surface area contributed by atoms with E-state index in [9.17, 15) is 4.79 Å². The van der Waals surface area contributed by atoms with E-state index in [1.807, 2.05) is 10.6 Å². The van der Waals surface area contributed by atoms with Gasteiger partial charge in [-0.15, -0.1) is 0 Å². The summed E-state index contributed by atoms with van der Waals surface area (Å²) in [4.78, 5) is 16.6. The Morgan fingerprint density at radius 2 is 2.38 bits per heavy atom. The molecule has 0 fully saturated rings. The first-order chi connectivity index (χ1) is 10.1. The van der Waals surface area contributed by atoms with Crippen molar-refractivity contribution in [2.24, 2.45) is 0 Å². The summed E-state index contributed by atoms with van der Waals surface area (Å²) < 4.78 is 7.58. The minimum absolute atomic E-state index is 0.323. The lowest BCUT2D eigenvalue weighted by Gasteiger charge is -2.29. The number of carbonyl (C=O) groups is 1. The molecule has 2 heterocycles. The van der Waals surface area contributed by atoms with Gasteiger partial charge in [0.05, 0.1) is 19.0 Å². The van der Waals surface area contributed by atoms with E-state index in [2.05, 4.69) is 27.0 Å². The van der Waals surface area contributed by atoms with Gasteiger partial charge < -0.3 is 9.30 Å². The summed E-state index contributed by atoms with van der Waals surface area (Å²) in [5.41, 5.74) is 1.41. The highest BCUT2D eigenvalue weighted by Gasteiger charge is 2.48. The fourth-order valence-electron chi connectivity index (χ4n) is 2.91. The number of carbonyl (C=O) groups excluding carboxylic acids is 1. The van der Waals surface area contributed by atoms with Gasteiger partial charge in [-0.2, -0.15) is 5.26 Å². The Labute approximate surface area is 130 Å². The second-order valence-electron chi connectivity index (χ2n) is 4.91. The van der Waals surface area contributed by atoms with Gasteiger partial charge in [-0.1, -0.05) is 6.07 Å². The molecule has 3 rings (SSSR count). The number of halogens is 1. The molecule has 0 N–H and O–H groups in total. The van der Waals surface area contributed by atoms with Crippen LogP contribution in [0.3, 0.4) is 0 Å².